The number of ether oxygens (including phenoxy) is 2. The molecule has 0 spiro atoms. The maximum absolute atomic E-state index is 5.85. The van der Waals surface area contributed by atoms with E-state index in [2.05, 4.69) is 0 Å². The van der Waals surface area contributed by atoms with Crippen molar-refractivity contribution in [2.75, 3.05) is 5.94 Å². The molecule has 4 heteroatoms. The molecular formula is C16H17ClO2S. The van der Waals surface area contributed by atoms with E-state index in [1.807, 2.05) is 62.4 Å². The summed E-state index contributed by atoms with van der Waals surface area (Å²) < 4.78 is 11.5. The van der Waals surface area contributed by atoms with Crippen molar-refractivity contribution >= 4 is 23.4 Å². The summed E-state index contributed by atoms with van der Waals surface area (Å²) in [5, 5.41) is 0.742. The molecule has 2 rings (SSSR count). The van der Waals surface area contributed by atoms with Gasteiger partial charge in [0.2, 0.25) is 0 Å². The third-order valence-electron chi connectivity index (χ3n) is 2.47. The summed E-state index contributed by atoms with van der Waals surface area (Å²) in [6.07, 6.45) is 0.128. The van der Waals surface area contributed by atoms with E-state index in [4.69, 9.17) is 21.1 Å². The molecule has 0 bridgehead atoms. The summed E-state index contributed by atoms with van der Waals surface area (Å²) in [5.74, 6) is 2.07. The summed E-state index contributed by atoms with van der Waals surface area (Å²) in [7, 11) is 0. The molecule has 0 aliphatic carbocycles. The first-order chi connectivity index (χ1) is 9.65. The van der Waals surface area contributed by atoms with Crippen LogP contribution >= 0.6 is 23.4 Å². The van der Waals surface area contributed by atoms with Gasteiger partial charge in [-0.3, -0.25) is 0 Å². The van der Waals surface area contributed by atoms with Crippen LogP contribution in [0.15, 0.2) is 53.4 Å². The first-order valence-corrected chi connectivity index (χ1v) is 7.78. The number of halogens is 1. The average Bonchev–Trinajstić information content (AvgIpc) is 2.42. The van der Waals surface area contributed by atoms with Crippen LogP contribution in [-0.2, 0) is 0 Å². The lowest BCUT2D eigenvalue weighted by molar-refractivity contribution is 0.228. The molecule has 0 N–H and O–H groups in total. The Morgan fingerprint density at radius 1 is 1.00 bits per heavy atom. The zero-order valence-corrected chi connectivity index (χ0v) is 13.1. The maximum Gasteiger partial charge on any atom is 0.162 e. The molecule has 106 valence electrons. The second-order valence-electron chi connectivity index (χ2n) is 4.47. The van der Waals surface area contributed by atoms with Crippen molar-refractivity contribution in [2.45, 2.75) is 24.8 Å². The van der Waals surface area contributed by atoms with Crippen molar-refractivity contribution in [1.82, 2.24) is 0 Å². The fraction of sp³-hybridized carbons (Fsp3) is 0.250. The Bertz CT molecular complexity index is 540. The van der Waals surface area contributed by atoms with Gasteiger partial charge in [-0.15, -0.1) is 0 Å². The number of hydrogen-bond donors (Lipinski definition) is 0. The molecule has 0 saturated heterocycles. The van der Waals surface area contributed by atoms with Gasteiger partial charge in [0.15, 0.2) is 11.5 Å². The van der Waals surface area contributed by atoms with Gasteiger partial charge in [-0.25, -0.2) is 0 Å². The van der Waals surface area contributed by atoms with E-state index < -0.39 is 0 Å². The van der Waals surface area contributed by atoms with Gasteiger partial charge in [0.05, 0.1) is 6.10 Å². The quantitative estimate of drug-likeness (QED) is 0.536. The molecule has 0 radical (unpaired) electrons. The molecule has 0 unspecified atom stereocenters. The van der Waals surface area contributed by atoms with Crippen molar-refractivity contribution in [3.63, 3.8) is 0 Å². The number of hydrogen-bond acceptors (Lipinski definition) is 3. The SMILES string of the molecule is CC(C)Oc1ccccc1OCSc1ccc(Cl)cc1. The fourth-order valence-electron chi connectivity index (χ4n) is 1.61. The number of rotatable bonds is 6. The van der Waals surface area contributed by atoms with Crippen molar-refractivity contribution in [3.05, 3.63) is 53.6 Å². The largest absolute Gasteiger partial charge is 0.487 e. The van der Waals surface area contributed by atoms with E-state index in [1.54, 1.807) is 11.8 Å². The second kappa shape index (κ2) is 7.46. The van der Waals surface area contributed by atoms with Gasteiger partial charge in [-0.1, -0.05) is 35.5 Å². The van der Waals surface area contributed by atoms with Crippen LogP contribution in [0.4, 0.5) is 0 Å². The van der Waals surface area contributed by atoms with Gasteiger partial charge in [-0.05, 0) is 50.2 Å². The monoisotopic (exact) mass is 308 g/mol. The van der Waals surface area contributed by atoms with E-state index in [-0.39, 0.29) is 6.10 Å². The minimum atomic E-state index is 0.128. The highest BCUT2D eigenvalue weighted by atomic mass is 35.5. The number of benzene rings is 2. The molecule has 0 fully saturated rings. The van der Waals surface area contributed by atoms with Crippen LogP contribution in [0.3, 0.4) is 0 Å². The van der Waals surface area contributed by atoms with Crippen molar-refractivity contribution < 1.29 is 9.47 Å². The first-order valence-electron chi connectivity index (χ1n) is 6.42. The summed E-state index contributed by atoms with van der Waals surface area (Å²) >= 11 is 7.47. The number of para-hydroxylation sites is 2. The minimum absolute atomic E-state index is 0.128. The molecule has 0 aromatic heterocycles. The Morgan fingerprint density at radius 3 is 2.30 bits per heavy atom. The van der Waals surface area contributed by atoms with Gasteiger partial charge in [0.25, 0.3) is 0 Å². The Labute approximate surface area is 129 Å². The summed E-state index contributed by atoms with van der Waals surface area (Å²) in [4.78, 5) is 1.12. The van der Waals surface area contributed by atoms with Crippen LogP contribution in [0.25, 0.3) is 0 Å². The van der Waals surface area contributed by atoms with Gasteiger partial charge < -0.3 is 9.47 Å². The van der Waals surface area contributed by atoms with Crippen LogP contribution in [0, 0.1) is 0 Å². The lowest BCUT2D eigenvalue weighted by Gasteiger charge is -2.14. The molecule has 2 aromatic rings. The maximum atomic E-state index is 5.85. The highest BCUT2D eigenvalue weighted by molar-refractivity contribution is 7.99. The van der Waals surface area contributed by atoms with E-state index in [0.717, 1.165) is 21.4 Å². The molecule has 0 saturated carbocycles. The van der Waals surface area contributed by atoms with Gasteiger partial charge in [-0.2, -0.15) is 0 Å². The molecule has 2 nitrogen and oxygen atoms in total. The normalized spacial score (nSPS) is 10.6. The fourth-order valence-corrected chi connectivity index (χ4v) is 2.39. The first kappa shape index (κ1) is 15.1. The van der Waals surface area contributed by atoms with Crippen molar-refractivity contribution in [3.8, 4) is 11.5 Å². The molecule has 20 heavy (non-hydrogen) atoms. The van der Waals surface area contributed by atoms with Gasteiger partial charge >= 0.3 is 0 Å². The van der Waals surface area contributed by atoms with Crippen LogP contribution in [0.5, 0.6) is 11.5 Å². The Morgan fingerprint density at radius 2 is 1.65 bits per heavy atom. The summed E-state index contributed by atoms with van der Waals surface area (Å²) in [6.45, 7) is 4.00. The molecule has 0 atom stereocenters. The zero-order chi connectivity index (χ0) is 14.4. The molecule has 2 aromatic carbocycles. The minimum Gasteiger partial charge on any atom is -0.487 e. The third kappa shape index (κ3) is 4.66. The molecular weight excluding hydrogens is 292 g/mol. The van der Waals surface area contributed by atoms with E-state index in [0.29, 0.717) is 5.94 Å². The van der Waals surface area contributed by atoms with E-state index in [9.17, 15) is 0 Å². The van der Waals surface area contributed by atoms with Crippen LogP contribution in [0.1, 0.15) is 13.8 Å². The second-order valence-corrected chi connectivity index (χ2v) is 5.91. The average molecular weight is 309 g/mol. The Hall–Kier alpha value is -1.32. The summed E-state index contributed by atoms with van der Waals surface area (Å²) in [6, 6.07) is 15.4. The van der Waals surface area contributed by atoms with Crippen LogP contribution < -0.4 is 9.47 Å². The van der Waals surface area contributed by atoms with Crippen LogP contribution in [-0.4, -0.2) is 12.0 Å². The van der Waals surface area contributed by atoms with E-state index >= 15 is 0 Å². The lowest BCUT2D eigenvalue weighted by Crippen LogP contribution is -2.07. The standard InChI is InChI=1S/C16H17ClO2S/c1-12(2)19-16-6-4-3-5-15(16)18-11-20-14-9-7-13(17)8-10-14/h3-10,12H,11H2,1-2H3. The van der Waals surface area contributed by atoms with Gasteiger partial charge in [0.1, 0.15) is 5.94 Å². The van der Waals surface area contributed by atoms with E-state index in [1.165, 1.54) is 0 Å². The van der Waals surface area contributed by atoms with Crippen molar-refractivity contribution in [1.29, 1.82) is 0 Å². The Kier molecular flexibility index (Phi) is 5.62. The third-order valence-corrected chi connectivity index (χ3v) is 3.56. The zero-order valence-electron chi connectivity index (χ0n) is 11.5. The molecule has 0 heterocycles. The number of thioether (sulfide) groups is 1. The summed E-state index contributed by atoms with van der Waals surface area (Å²) in [5.41, 5.74) is 0. The molecule has 0 aliphatic heterocycles. The molecule has 0 aliphatic rings. The predicted octanol–water partition coefficient (Wildman–Crippen LogP) is 5.26. The smallest absolute Gasteiger partial charge is 0.162 e. The topological polar surface area (TPSA) is 18.5 Å². The highest BCUT2D eigenvalue weighted by Crippen LogP contribution is 2.29. The van der Waals surface area contributed by atoms with Crippen molar-refractivity contribution in [2.24, 2.45) is 0 Å². The van der Waals surface area contributed by atoms with Crippen LogP contribution in [0.2, 0.25) is 5.02 Å². The molecule has 0 amide bonds. The predicted molar refractivity (Wildman–Crippen MR) is 85.0 cm³/mol. The lowest BCUT2D eigenvalue weighted by atomic mass is 10.3. The highest BCUT2D eigenvalue weighted by Gasteiger charge is 2.06. The Balaban J connectivity index is 1.92. The van der Waals surface area contributed by atoms with Gasteiger partial charge in [0, 0.05) is 9.92 Å².